The lowest BCUT2D eigenvalue weighted by atomic mass is 10.1. The maximum atomic E-state index is 11.8. The zero-order valence-corrected chi connectivity index (χ0v) is 14.3. The van der Waals surface area contributed by atoms with Crippen molar-refractivity contribution in [2.45, 2.75) is 46.3 Å². The van der Waals surface area contributed by atoms with Gasteiger partial charge in [0.2, 0.25) is 0 Å². The fraction of sp³-hybridized carbons (Fsp3) is 0.500. The number of rotatable bonds is 5. The standard InChI is InChI=1S/C16H22ClNO4/c1-10-8-12(17)6-7-13(10)22-11(2)15(20)21-9-14(19)18-16(3,4)5/h6-8,11H,9H2,1-5H3,(H,18,19). The molecule has 6 heteroatoms. The minimum atomic E-state index is -0.817. The van der Waals surface area contributed by atoms with Crippen LogP contribution in [-0.2, 0) is 14.3 Å². The molecular weight excluding hydrogens is 306 g/mol. The fourth-order valence-corrected chi connectivity index (χ4v) is 1.92. The Morgan fingerprint density at radius 2 is 1.95 bits per heavy atom. The Labute approximate surface area is 135 Å². The molecule has 1 N–H and O–H groups in total. The molecule has 0 aliphatic rings. The van der Waals surface area contributed by atoms with Crippen LogP contribution in [0.5, 0.6) is 5.75 Å². The molecule has 0 aliphatic heterocycles. The highest BCUT2D eigenvalue weighted by molar-refractivity contribution is 6.30. The lowest BCUT2D eigenvalue weighted by Gasteiger charge is -2.21. The summed E-state index contributed by atoms with van der Waals surface area (Å²) in [5.41, 5.74) is 0.448. The van der Waals surface area contributed by atoms with Gasteiger partial charge in [-0.15, -0.1) is 0 Å². The van der Waals surface area contributed by atoms with Crippen molar-refractivity contribution in [1.82, 2.24) is 5.32 Å². The van der Waals surface area contributed by atoms with Gasteiger partial charge in [0.05, 0.1) is 0 Å². The summed E-state index contributed by atoms with van der Waals surface area (Å²) in [4.78, 5) is 23.4. The molecule has 0 spiro atoms. The van der Waals surface area contributed by atoms with Crippen LogP contribution in [0.4, 0.5) is 0 Å². The number of esters is 1. The van der Waals surface area contributed by atoms with Crippen molar-refractivity contribution >= 4 is 23.5 Å². The van der Waals surface area contributed by atoms with Crippen LogP contribution >= 0.6 is 11.6 Å². The predicted octanol–water partition coefficient (Wildman–Crippen LogP) is 2.87. The van der Waals surface area contributed by atoms with Gasteiger partial charge < -0.3 is 14.8 Å². The Balaban J connectivity index is 2.50. The second-order valence-electron chi connectivity index (χ2n) is 6.08. The van der Waals surface area contributed by atoms with E-state index in [0.717, 1.165) is 5.56 Å². The zero-order valence-electron chi connectivity index (χ0n) is 13.5. The van der Waals surface area contributed by atoms with Gasteiger partial charge >= 0.3 is 5.97 Å². The van der Waals surface area contributed by atoms with E-state index >= 15 is 0 Å². The van der Waals surface area contributed by atoms with Crippen LogP contribution in [0.3, 0.4) is 0 Å². The van der Waals surface area contributed by atoms with E-state index in [9.17, 15) is 9.59 Å². The summed E-state index contributed by atoms with van der Waals surface area (Å²) in [6.45, 7) is 8.61. The molecule has 0 aromatic heterocycles. The smallest absolute Gasteiger partial charge is 0.347 e. The molecule has 0 saturated carbocycles. The van der Waals surface area contributed by atoms with Gasteiger partial charge in [-0.05, 0) is 58.4 Å². The van der Waals surface area contributed by atoms with Gasteiger partial charge in [0, 0.05) is 10.6 Å². The molecule has 22 heavy (non-hydrogen) atoms. The minimum absolute atomic E-state index is 0.330. The number of aryl methyl sites for hydroxylation is 1. The Morgan fingerprint density at radius 3 is 2.50 bits per heavy atom. The number of ether oxygens (including phenoxy) is 2. The van der Waals surface area contributed by atoms with Crippen molar-refractivity contribution in [3.8, 4) is 5.75 Å². The molecule has 0 aliphatic carbocycles. The number of amides is 1. The SMILES string of the molecule is Cc1cc(Cl)ccc1OC(C)C(=O)OCC(=O)NC(C)(C)C. The summed E-state index contributed by atoms with van der Waals surface area (Å²) >= 11 is 5.86. The number of halogens is 1. The molecule has 1 amide bonds. The van der Waals surface area contributed by atoms with Crippen molar-refractivity contribution in [2.75, 3.05) is 6.61 Å². The Kier molecular flexibility index (Phi) is 6.23. The van der Waals surface area contributed by atoms with E-state index in [1.807, 2.05) is 27.7 Å². The summed E-state index contributed by atoms with van der Waals surface area (Å²) < 4.78 is 10.5. The monoisotopic (exact) mass is 327 g/mol. The topological polar surface area (TPSA) is 64.6 Å². The normalized spacial score (nSPS) is 12.5. The van der Waals surface area contributed by atoms with Crippen LogP contribution in [0, 0.1) is 6.92 Å². The molecule has 1 aromatic carbocycles. The number of nitrogens with one attached hydrogen (secondary N) is 1. The summed E-state index contributed by atoms with van der Waals surface area (Å²) in [6.07, 6.45) is -0.817. The summed E-state index contributed by atoms with van der Waals surface area (Å²) in [6, 6.07) is 5.11. The number of hydrogen-bond donors (Lipinski definition) is 1. The third kappa shape index (κ3) is 6.35. The maximum absolute atomic E-state index is 11.8. The van der Waals surface area contributed by atoms with E-state index in [0.29, 0.717) is 10.8 Å². The first-order chi connectivity index (χ1) is 10.1. The van der Waals surface area contributed by atoms with E-state index in [2.05, 4.69) is 5.32 Å². The number of carbonyl (C=O) groups is 2. The average molecular weight is 328 g/mol. The van der Waals surface area contributed by atoms with Crippen LogP contribution in [0.1, 0.15) is 33.3 Å². The lowest BCUT2D eigenvalue weighted by molar-refractivity contribution is -0.155. The molecule has 0 bridgehead atoms. The van der Waals surface area contributed by atoms with Crippen molar-refractivity contribution in [3.05, 3.63) is 28.8 Å². The van der Waals surface area contributed by atoms with E-state index in [1.54, 1.807) is 25.1 Å². The molecule has 1 rings (SSSR count). The summed E-state index contributed by atoms with van der Waals surface area (Å²) in [5.74, 6) is -0.401. The fourth-order valence-electron chi connectivity index (χ4n) is 1.69. The first-order valence-electron chi connectivity index (χ1n) is 6.99. The first-order valence-corrected chi connectivity index (χ1v) is 7.37. The van der Waals surface area contributed by atoms with Gasteiger partial charge in [0.1, 0.15) is 5.75 Å². The molecule has 1 aromatic rings. The van der Waals surface area contributed by atoms with Crippen LogP contribution in [-0.4, -0.2) is 30.1 Å². The lowest BCUT2D eigenvalue weighted by Crippen LogP contribution is -2.43. The van der Waals surface area contributed by atoms with Crippen LogP contribution in [0.2, 0.25) is 5.02 Å². The van der Waals surface area contributed by atoms with Crippen molar-refractivity contribution < 1.29 is 19.1 Å². The highest BCUT2D eigenvalue weighted by atomic mass is 35.5. The third-order valence-electron chi connectivity index (χ3n) is 2.63. The molecular formula is C16H22ClNO4. The minimum Gasteiger partial charge on any atom is -0.479 e. The quantitative estimate of drug-likeness (QED) is 0.845. The van der Waals surface area contributed by atoms with E-state index < -0.39 is 12.1 Å². The number of benzene rings is 1. The summed E-state index contributed by atoms with van der Waals surface area (Å²) in [5, 5.41) is 3.30. The van der Waals surface area contributed by atoms with E-state index in [1.165, 1.54) is 0 Å². The molecule has 0 saturated heterocycles. The van der Waals surface area contributed by atoms with Crippen LogP contribution < -0.4 is 10.1 Å². The first kappa shape index (κ1) is 18.3. The van der Waals surface area contributed by atoms with Gasteiger partial charge in [-0.2, -0.15) is 0 Å². The van der Waals surface area contributed by atoms with Gasteiger partial charge in [-0.3, -0.25) is 4.79 Å². The van der Waals surface area contributed by atoms with Crippen molar-refractivity contribution in [3.63, 3.8) is 0 Å². The van der Waals surface area contributed by atoms with Gasteiger partial charge in [0.25, 0.3) is 5.91 Å². The van der Waals surface area contributed by atoms with E-state index in [-0.39, 0.29) is 18.1 Å². The zero-order chi connectivity index (χ0) is 16.9. The van der Waals surface area contributed by atoms with Crippen molar-refractivity contribution in [2.24, 2.45) is 0 Å². The second-order valence-corrected chi connectivity index (χ2v) is 6.51. The molecule has 5 nitrogen and oxygen atoms in total. The molecule has 1 unspecified atom stereocenters. The van der Waals surface area contributed by atoms with E-state index in [4.69, 9.17) is 21.1 Å². The molecule has 0 heterocycles. The molecule has 122 valence electrons. The number of carbonyl (C=O) groups excluding carboxylic acids is 2. The van der Waals surface area contributed by atoms with Gasteiger partial charge in [-0.1, -0.05) is 11.6 Å². The van der Waals surface area contributed by atoms with Crippen molar-refractivity contribution in [1.29, 1.82) is 0 Å². The maximum Gasteiger partial charge on any atom is 0.347 e. The average Bonchev–Trinajstić information content (AvgIpc) is 2.37. The third-order valence-corrected chi connectivity index (χ3v) is 2.87. The second kappa shape index (κ2) is 7.49. The highest BCUT2D eigenvalue weighted by Gasteiger charge is 2.20. The van der Waals surface area contributed by atoms with Gasteiger partial charge in [0.15, 0.2) is 12.7 Å². The Hall–Kier alpha value is -1.75. The Bertz CT molecular complexity index is 552. The molecule has 1 atom stereocenters. The summed E-state index contributed by atoms with van der Waals surface area (Å²) in [7, 11) is 0. The van der Waals surface area contributed by atoms with Crippen LogP contribution in [0.15, 0.2) is 18.2 Å². The molecule has 0 fully saturated rings. The van der Waals surface area contributed by atoms with Gasteiger partial charge in [-0.25, -0.2) is 4.79 Å². The Morgan fingerprint density at radius 1 is 1.32 bits per heavy atom. The highest BCUT2D eigenvalue weighted by Crippen LogP contribution is 2.22. The number of hydrogen-bond acceptors (Lipinski definition) is 4. The molecule has 0 radical (unpaired) electrons. The largest absolute Gasteiger partial charge is 0.479 e. The predicted molar refractivity (Wildman–Crippen MR) is 85.1 cm³/mol. The van der Waals surface area contributed by atoms with Crippen LogP contribution in [0.25, 0.3) is 0 Å².